The van der Waals surface area contributed by atoms with Gasteiger partial charge in [-0.2, -0.15) is 0 Å². The van der Waals surface area contributed by atoms with E-state index in [9.17, 15) is 9.90 Å². The third kappa shape index (κ3) is 3.23. The Morgan fingerprint density at radius 2 is 2.21 bits per heavy atom. The number of halogens is 1. The van der Waals surface area contributed by atoms with Gasteiger partial charge < -0.3 is 14.7 Å². The van der Waals surface area contributed by atoms with Crippen LogP contribution in [0.3, 0.4) is 0 Å². The van der Waals surface area contributed by atoms with Crippen molar-refractivity contribution in [1.29, 1.82) is 0 Å². The maximum Gasteiger partial charge on any atom is 0.170 e. The average Bonchev–Trinajstić information content (AvgIpc) is 2.40. The number of ether oxygens (including phenoxy) is 1. The summed E-state index contributed by atoms with van der Waals surface area (Å²) >= 11 is 5.78. The van der Waals surface area contributed by atoms with E-state index in [2.05, 4.69) is 4.98 Å². The average molecular weight is 285 g/mol. The van der Waals surface area contributed by atoms with Crippen LogP contribution in [0, 0.1) is 0 Å². The molecular weight excluding hydrogens is 268 g/mol. The van der Waals surface area contributed by atoms with Crippen molar-refractivity contribution in [2.24, 2.45) is 0 Å². The Kier molecular flexibility index (Phi) is 4.39. The number of hydrogen-bond donors (Lipinski definition) is 1. The number of hydrogen-bond acceptors (Lipinski definition) is 5. The molecule has 0 bridgehead atoms. The van der Waals surface area contributed by atoms with E-state index in [4.69, 9.17) is 16.3 Å². The zero-order chi connectivity index (χ0) is 13.9. The van der Waals surface area contributed by atoms with Crippen LogP contribution in [0.2, 0.25) is 5.15 Å². The second kappa shape index (κ2) is 5.86. The van der Waals surface area contributed by atoms with E-state index in [0.717, 1.165) is 5.69 Å². The summed E-state index contributed by atoms with van der Waals surface area (Å²) in [6.07, 6.45) is 1.90. The van der Waals surface area contributed by atoms with Gasteiger partial charge in [-0.1, -0.05) is 11.6 Å². The topological polar surface area (TPSA) is 62.7 Å². The van der Waals surface area contributed by atoms with Crippen molar-refractivity contribution in [3.63, 3.8) is 0 Å². The van der Waals surface area contributed by atoms with Crippen molar-refractivity contribution < 1.29 is 14.6 Å². The Labute approximate surface area is 117 Å². The van der Waals surface area contributed by atoms with Crippen LogP contribution in [0.1, 0.15) is 23.3 Å². The minimum Gasteiger partial charge on any atom is -0.387 e. The predicted octanol–water partition coefficient (Wildman–Crippen LogP) is 1.53. The van der Waals surface area contributed by atoms with Crippen molar-refractivity contribution in [2.45, 2.75) is 18.4 Å². The number of piperidine rings is 1. The zero-order valence-corrected chi connectivity index (χ0v) is 11.6. The number of aromatic nitrogens is 1. The lowest BCUT2D eigenvalue weighted by Crippen LogP contribution is -2.47. The summed E-state index contributed by atoms with van der Waals surface area (Å²) in [5.41, 5.74) is 0.329. The molecule has 1 N–H and O–H groups in total. The van der Waals surface area contributed by atoms with Crippen LogP contribution in [-0.4, -0.2) is 48.8 Å². The lowest BCUT2D eigenvalue weighted by Gasteiger charge is -2.39. The Morgan fingerprint density at radius 3 is 2.79 bits per heavy atom. The summed E-state index contributed by atoms with van der Waals surface area (Å²) in [4.78, 5) is 17.1. The smallest absolute Gasteiger partial charge is 0.170 e. The first-order valence-corrected chi connectivity index (χ1v) is 6.54. The molecule has 0 unspecified atom stereocenters. The molecule has 5 nitrogen and oxygen atoms in total. The van der Waals surface area contributed by atoms with Gasteiger partial charge in [0, 0.05) is 20.2 Å². The van der Waals surface area contributed by atoms with Gasteiger partial charge in [-0.05, 0) is 25.0 Å². The fourth-order valence-electron chi connectivity index (χ4n) is 2.37. The van der Waals surface area contributed by atoms with E-state index < -0.39 is 5.60 Å². The number of methoxy groups -OCH3 is 1. The van der Waals surface area contributed by atoms with Crippen LogP contribution in [0.25, 0.3) is 0 Å². The summed E-state index contributed by atoms with van der Waals surface area (Å²) in [6.45, 7) is 1.65. The molecule has 0 spiro atoms. The molecule has 1 aliphatic heterocycles. The summed E-state index contributed by atoms with van der Waals surface area (Å²) in [7, 11) is 1.58. The third-order valence-electron chi connectivity index (χ3n) is 3.43. The van der Waals surface area contributed by atoms with Gasteiger partial charge >= 0.3 is 0 Å². The number of carbonyl (C=O) groups is 1. The maximum atomic E-state index is 11.0. The van der Waals surface area contributed by atoms with Crippen LogP contribution in [-0.2, 0) is 4.74 Å². The molecule has 1 saturated heterocycles. The fourth-order valence-corrected chi connectivity index (χ4v) is 2.53. The zero-order valence-electron chi connectivity index (χ0n) is 10.8. The first-order chi connectivity index (χ1) is 9.08. The number of pyridine rings is 1. The quantitative estimate of drug-likeness (QED) is 0.671. The minimum absolute atomic E-state index is 0.304. The molecule has 0 atom stereocenters. The number of anilines is 1. The SMILES string of the molecule is COCC1(O)CCN(c2ccc(Cl)nc2C=O)CC1. The van der Waals surface area contributed by atoms with Crippen molar-refractivity contribution in [2.75, 3.05) is 31.7 Å². The highest BCUT2D eigenvalue weighted by molar-refractivity contribution is 6.29. The van der Waals surface area contributed by atoms with E-state index in [1.165, 1.54) is 0 Å². The Balaban J connectivity index is 2.11. The van der Waals surface area contributed by atoms with Crippen LogP contribution < -0.4 is 4.90 Å². The molecular formula is C13H17ClN2O3. The number of nitrogens with zero attached hydrogens (tertiary/aromatic N) is 2. The van der Waals surface area contributed by atoms with Gasteiger partial charge in [-0.15, -0.1) is 0 Å². The summed E-state index contributed by atoms with van der Waals surface area (Å²) in [6, 6.07) is 3.46. The fraction of sp³-hybridized carbons (Fsp3) is 0.538. The summed E-state index contributed by atoms with van der Waals surface area (Å²) < 4.78 is 5.03. The molecule has 6 heteroatoms. The first kappa shape index (κ1) is 14.2. The van der Waals surface area contributed by atoms with E-state index in [1.54, 1.807) is 19.2 Å². The number of rotatable bonds is 4. The van der Waals surface area contributed by atoms with Crippen LogP contribution in [0.5, 0.6) is 0 Å². The molecule has 2 rings (SSSR count). The molecule has 0 amide bonds. The van der Waals surface area contributed by atoms with Gasteiger partial charge in [0.1, 0.15) is 10.8 Å². The van der Waals surface area contributed by atoms with E-state index in [0.29, 0.717) is 49.7 Å². The summed E-state index contributed by atoms with van der Waals surface area (Å²) in [5.74, 6) is 0. The highest BCUT2D eigenvalue weighted by atomic mass is 35.5. The normalized spacial score (nSPS) is 18.4. The van der Waals surface area contributed by atoms with Crippen LogP contribution in [0.15, 0.2) is 12.1 Å². The van der Waals surface area contributed by atoms with Crippen molar-refractivity contribution >= 4 is 23.6 Å². The van der Waals surface area contributed by atoms with Crippen molar-refractivity contribution in [3.05, 3.63) is 23.0 Å². The lowest BCUT2D eigenvalue weighted by molar-refractivity contribution is -0.0471. The second-order valence-electron chi connectivity index (χ2n) is 4.80. The lowest BCUT2D eigenvalue weighted by atomic mass is 9.92. The highest BCUT2D eigenvalue weighted by Gasteiger charge is 2.32. The van der Waals surface area contributed by atoms with Gasteiger partial charge in [0.15, 0.2) is 6.29 Å². The molecule has 1 fully saturated rings. The molecule has 1 aliphatic rings. The van der Waals surface area contributed by atoms with Gasteiger partial charge in [0.25, 0.3) is 0 Å². The van der Waals surface area contributed by atoms with E-state index in [1.807, 2.05) is 4.90 Å². The molecule has 104 valence electrons. The van der Waals surface area contributed by atoms with E-state index >= 15 is 0 Å². The largest absolute Gasteiger partial charge is 0.387 e. The third-order valence-corrected chi connectivity index (χ3v) is 3.64. The monoisotopic (exact) mass is 284 g/mol. The molecule has 19 heavy (non-hydrogen) atoms. The standard InChI is InChI=1S/C13H17ClN2O3/c1-19-9-13(18)4-6-16(7-5-13)11-2-3-12(14)15-10(11)8-17/h2-3,8,18H,4-7,9H2,1H3. The highest BCUT2D eigenvalue weighted by Crippen LogP contribution is 2.28. The van der Waals surface area contributed by atoms with Gasteiger partial charge in [0.2, 0.25) is 0 Å². The van der Waals surface area contributed by atoms with Crippen LogP contribution in [0.4, 0.5) is 5.69 Å². The van der Waals surface area contributed by atoms with Crippen LogP contribution >= 0.6 is 11.6 Å². The number of aliphatic hydroxyl groups is 1. The number of aldehydes is 1. The van der Waals surface area contributed by atoms with Gasteiger partial charge in [-0.3, -0.25) is 4.79 Å². The minimum atomic E-state index is -0.771. The van der Waals surface area contributed by atoms with E-state index in [-0.39, 0.29) is 0 Å². The molecule has 1 aromatic heterocycles. The number of carbonyl (C=O) groups excluding carboxylic acids is 1. The second-order valence-corrected chi connectivity index (χ2v) is 5.19. The summed E-state index contributed by atoms with van der Waals surface area (Å²) in [5, 5.41) is 10.6. The van der Waals surface area contributed by atoms with Crippen molar-refractivity contribution in [1.82, 2.24) is 4.98 Å². The Hall–Kier alpha value is -1.17. The van der Waals surface area contributed by atoms with Gasteiger partial charge in [0.05, 0.1) is 17.9 Å². The Bertz CT molecular complexity index is 459. The molecule has 0 radical (unpaired) electrons. The molecule has 0 saturated carbocycles. The van der Waals surface area contributed by atoms with Gasteiger partial charge in [-0.25, -0.2) is 4.98 Å². The Morgan fingerprint density at radius 1 is 1.53 bits per heavy atom. The maximum absolute atomic E-state index is 11.0. The molecule has 1 aromatic rings. The molecule has 0 aliphatic carbocycles. The molecule has 2 heterocycles. The molecule has 0 aromatic carbocycles. The first-order valence-electron chi connectivity index (χ1n) is 6.16. The predicted molar refractivity (Wildman–Crippen MR) is 72.9 cm³/mol. The van der Waals surface area contributed by atoms with Crippen molar-refractivity contribution in [3.8, 4) is 0 Å².